The van der Waals surface area contributed by atoms with Crippen molar-refractivity contribution in [3.05, 3.63) is 41.6 Å². The van der Waals surface area contributed by atoms with Gasteiger partial charge in [-0.15, -0.1) is 10.2 Å². The zero-order valence-electron chi connectivity index (χ0n) is 8.76. The molecule has 2 aromatic rings. The van der Waals surface area contributed by atoms with E-state index >= 15 is 0 Å². The van der Waals surface area contributed by atoms with E-state index in [0.29, 0.717) is 0 Å². The zero-order valence-corrected chi connectivity index (χ0v) is 8.76. The third-order valence-electron chi connectivity index (χ3n) is 1.90. The Morgan fingerprint density at radius 3 is 2.72 bits per heavy atom. The summed E-state index contributed by atoms with van der Waals surface area (Å²) < 4.78 is 35.2. The highest BCUT2D eigenvalue weighted by molar-refractivity contribution is 5.81. The third-order valence-corrected chi connectivity index (χ3v) is 1.90. The first-order valence-electron chi connectivity index (χ1n) is 4.70. The number of nitrogens with zero attached hydrogens (tertiary/aromatic N) is 2. The molecule has 0 fully saturated rings. The Hall–Kier alpha value is -2.51. The van der Waals surface area contributed by atoms with E-state index in [1.165, 1.54) is 6.07 Å². The molecule has 0 aliphatic carbocycles. The van der Waals surface area contributed by atoms with Gasteiger partial charge in [0.05, 0.1) is 0 Å². The first kappa shape index (κ1) is 12.0. The van der Waals surface area contributed by atoms with Crippen LogP contribution in [0.1, 0.15) is 16.6 Å². The Balaban J connectivity index is 2.02. The standard InChI is InChI=1S/C10H6F2N2O4/c11-6-2-1-5(3-7(6)12)17-4-8-13-14-9(18-8)10(15)16/h1-3H,4H2,(H,15,16). The highest BCUT2D eigenvalue weighted by Crippen LogP contribution is 2.16. The highest BCUT2D eigenvalue weighted by Gasteiger charge is 2.13. The molecule has 0 amide bonds. The average Bonchev–Trinajstić information content (AvgIpc) is 2.79. The van der Waals surface area contributed by atoms with Crippen LogP contribution in [0.25, 0.3) is 0 Å². The fraction of sp³-hybridized carbons (Fsp3) is 0.100. The molecular formula is C10H6F2N2O4. The SMILES string of the molecule is O=C(O)c1nnc(COc2ccc(F)c(F)c2)o1. The number of benzene rings is 1. The Labute approximate surface area is 98.8 Å². The van der Waals surface area contributed by atoms with Gasteiger partial charge in [0.25, 0.3) is 5.89 Å². The molecule has 1 N–H and O–H groups in total. The lowest BCUT2D eigenvalue weighted by Crippen LogP contribution is -1.97. The second-order valence-corrected chi connectivity index (χ2v) is 3.17. The van der Waals surface area contributed by atoms with Gasteiger partial charge < -0.3 is 14.3 Å². The lowest BCUT2D eigenvalue weighted by molar-refractivity contribution is 0.0649. The van der Waals surface area contributed by atoms with E-state index in [0.717, 1.165) is 12.1 Å². The Bertz CT molecular complexity index is 585. The highest BCUT2D eigenvalue weighted by atomic mass is 19.2. The van der Waals surface area contributed by atoms with Crippen molar-refractivity contribution in [2.75, 3.05) is 0 Å². The number of ether oxygens (including phenoxy) is 1. The Morgan fingerprint density at radius 1 is 1.33 bits per heavy atom. The quantitative estimate of drug-likeness (QED) is 0.894. The van der Waals surface area contributed by atoms with Crippen LogP contribution in [-0.2, 0) is 6.61 Å². The number of aromatic carboxylic acids is 1. The van der Waals surface area contributed by atoms with Gasteiger partial charge in [0.2, 0.25) is 0 Å². The summed E-state index contributed by atoms with van der Waals surface area (Å²) in [6.45, 7) is -0.245. The molecule has 1 heterocycles. The van der Waals surface area contributed by atoms with E-state index < -0.39 is 23.5 Å². The van der Waals surface area contributed by atoms with Crippen LogP contribution in [0.5, 0.6) is 5.75 Å². The molecule has 94 valence electrons. The lowest BCUT2D eigenvalue weighted by Gasteiger charge is -2.02. The molecular weight excluding hydrogens is 250 g/mol. The molecule has 0 atom stereocenters. The van der Waals surface area contributed by atoms with Gasteiger partial charge in [-0.2, -0.15) is 0 Å². The second kappa shape index (κ2) is 4.78. The summed E-state index contributed by atoms with van der Waals surface area (Å²) in [7, 11) is 0. The van der Waals surface area contributed by atoms with E-state index in [1.54, 1.807) is 0 Å². The van der Waals surface area contributed by atoms with Crippen LogP contribution in [0.3, 0.4) is 0 Å². The molecule has 0 saturated carbocycles. The minimum absolute atomic E-state index is 0.0592. The molecule has 0 aliphatic rings. The van der Waals surface area contributed by atoms with Crippen molar-refractivity contribution in [1.29, 1.82) is 0 Å². The summed E-state index contributed by atoms with van der Waals surface area (Å²) in [5, 5.41) is 15.2. The molecule has 0 unspecified atom stereocenters. The topological polar surface area (TPSA) is 85.5 Å². The summed E-state index contributed by atoms with van der Waals surface area (Å²) in [4.78, 5) is 10.4. The van der Waals surface area contributed by atoms with Crippen LogP contribution < -0.4 is 4.74 Å². The number of hydrogen-bond donors (Lipinski definition) is 1. The van der Waals surface area contributed by atoms with Gasteiger partial charge in [0.1, 0.15) is 5.75 Å². The van der Waals surface area contributed by atoms with Crippen molar-refractivity contribution in [1.82, 2.24) is 10.2 Å². The van der Waals surface area contributed by atoms with E-state index in [-0.39, 0.29) is 18.2 Å². The van der Waals surface area contributed by atoms with Gasteiger partial charge in [-0.3, -0.25) is 0 Å². The van der Waals surface area contributed by atoms with Crippen molar-refractivity contribution < 1.29 is 27.8 Å². The molecule has 18 heavy (non-hydrogen) atoms. The third kappa shape index (κ3) is 2.59. The van der Waals surface area contributed by atoms with Gasteiger partial charge in [-0.05, 0) is 12.1 Å². The minimum atomic E-state index is -1.36. The van der Waals surface area contributed by atoms with Crippen molar-refractivity contribution in [3.8, 4) is 5.75 Å². The number of rotatable bonds is 4. The summed E-state index contributed by atoms with van der Waals surface area (Å²) in [6.07, 6.45) is 0. The van der Waals surface area contributed by atoms with E-state index in [1.807, 2.05) is 0 Å². The molecule has 0 saturated heterocycles. The van der Waals surface area contributed by atoms with Gasteiger partial charge in [0, 0.05) is 6.07 Å². The number of hydrogen-bond acceptors (Lipinski definition) is 5. The second-order valence-electron chi connectivity index (χ2n) is 3.17. The largest absolute Gasteiger partial charge is 0.484 e. The first-order chi connectivity index (χ1) is 8.56. The maximum atomic E-state index is 12.8. The van der Waals surface area contributed by atoms with Crippen LogP contribution in [0, 0.1) is 11.6 Å². The van der Waals surface area contributed by atoms with Crippen LogP contribution in [-0.4, -0.2) is 21.3 Å². The van der Waals surface area contributed by atoms with Gasteiger partial charge >= 0.3 is 11.9 Å². The van der Waals surface area contributed by atoms with E-state index in [2.05, 4.69) is 10.2 Å². The Morgan fingerprint density at radius 2 is 2.11 bits per heavy atom. The maximum Gasteiger partial charge on any atom is 0.393 e. The summed E-state index contributed by atoms with van der Waals surface area (Å²) in [5.41, 5.74) is 0. The molecule has 1 aromatic carbocycles. The fourth-order valence-electron chi connectivity index (χ4n) is 1.11. The molecule has 6 nitrogen and oxygen atoms in total. The van der Waals surface area contributed by atoms with Crippen molar-refractivity contribution >= 4 is 5.97 Å². The molecule has 1 aromatic heterocycles. The minimum Gasteiger partial charge on any atom is -0.484 e. The van der Waals surface area contributed by atoms with Gasteiger partial charge in [-0.1, -0.05) is 0 Å². The first-order valence-corrected chi connectivity index (χ1v) is 4.70. The molecule has 2 rings (SSSR count). The van der Waals surface area contributed by atoms with Crippen LogP contribution in [0.4, 0.5) is 8.78 Å². The van der Waals surface area contributed by atoms with Crippen molar-refractivity contribution in [2.24, 2.45) is 0 Å². The lowest BCUT2D eigenvalue weighted by atomic mass is 10.3. The zero-order chi connectivity index (χ0) is 13.1. The monoisotopic (exact) mass is 256 g/mol. The summed E-state index contributed by atoms with van der Waals surface area (Å²) in [5.74, 6) is -4.00. The predicted molar refractivity (Wildman–Crippen MR) is 51.9 cm³/mol. The smallest absolute Gasteiger partial charge is 0.393 e. The molecule has 0 radical (unpaired) electrons. The summed E-state index contributed by atoms with van der Waals surface area (Å²) in [6, 6.07) is 2.97. The maximum absolute atomic E-state index is 12.8. The van der Waals surface area contributed by atoms with E-state index in [9.17, 15) is 13.6 Å². The van der Waals surface area contributed by atoms with Crippen LogP contribution in [0.2, 0.25) is 0 Å². The van der Waals surface area contributed by atoms with Crippen LogP contribution >= 0.6 is 0 Å². The predicted octanol–water partition coefficient (Wildman–Crippen LogP) is 1.62. The summed E-state index contributed by atoms with van der Waals surface area (Å²) >= 11 is 0. The van der Waals surface area contributed by atoms with Crippen molar-refractivity contribution in [3.63, 3.8) is 0 Å². The van der Waals surface area contributed by atoms with Crippen molar-refractivity contribution in [2.45, 2.75) is 6.61 Å². The van der Waals surface area contributed by atoms with Crippen LogP contribution in [0.15, 0.2) is 22.6 Å². The van der Waals surface area contributed by atoms with E-state index in [4.69, 9.17) is 14.3 Å². The fourth-order valence-corrected chi connectivity index (χ4v) is 1.11. The number of carboxylic acid groups (broad SMARTS) is 1. The number of aromatic nitrogens is 2. The molecule has 8 heteroatoms. The number of carbonyl (C=O) groups is 1. The van der Waals surface area contributed by atoms with Gasteiger partial charge in [-0.25, -0.2) is 13.6 Å². The van der Waals surface area contributed by atoms with Gasteiger partial charge in [0.15, 0.2) is 18.2 Å². The molecule has 0 aliphatic heterocycles. The molecule has 0 spiro atoms. The molecule has 0 bridgehead atoms. The average molecular weight is 256 g/mol. The Kier molecular flexibility index (Phi) is 3.18. The number of carboxylic acids is 1. The normalized spacial score (nSPS) is 10.3. The number of halogens is 2.